The smallest absolute Gasteiger partial charge is 0.236 e. The zero-order chi connectivity index (χ0) is 19.8. The van der Waals surface area contributed by atoms with Crippen LogP contribution in [-0.2, 0) is 24.4 Å². The van der Waals surface area contributed by atoms with Crippen LogP contribution in [0.15, 0.2) is 47.6 Å². The van der Waals surface area contributed by atoms with E-state index in [0.717, 1.165) is 12.2 Å². The van der Waals surface area contributed by atoms with Gasteiger partial charge in [0.1, 0.15) is 17.9 Å². The molecule has 1 amide bonds. The molecular weight excluding hydrogens is 396 g/mol. The number of aryl methyl sites for hydroxylation is 1. The molecule has 0 spiro atoms. The molecule has 0 aliphatic heterocycles. The molecule has 2 heterocycles. The summed E-state index contributed by atoms with van der Waals surface area (Å²) in [6.45, 7) is 6.70. The Morgan fingerprint density at radius 3 is 2.82 bits per heavy atom. The lowest BCUT2D eigenvalue weighted by Crippen LogP contribution is -2.15. The number of rotatable bonds is 10. The Morgan fingerprint density at radius 2 is 2.14 bits per heavy atom. The zero-order valence-corrected chi connectivity index (χ0v) is 17.0. The number of carbonyl (C=O) groups excluding carboxylic acids is 1. The van der Waals surface area contributed by atoms with Gasteiger partial charge < -0.3 is 4.74 Å². The summed E-state index contributed by atoms with van der Waals surface area (Å²) in [7, 11) is 0. The number of benzene rings is 1. The number of carbonyl (C=O) groups is 1. The highest BCUT2D eigenvalue weighted by atomic mass is 32.2. The van der Waals surface area contributed by atoms with Crippen LogP contribution in [-0.4, -0.2) is 36.6 Å². The van der Waals surface area contributed by atoms with E-state index in [9.17, 15) is 4.79 Å². The van der Waals surface area contributed by atoms with Crippen molar-refractivity contribution in [2.45, 2.75) is 31.7 Å². The Bertz CT molecular complexity index is 909. The first-order valence-electron chi connectivity index (χ1n) is 8.63. The average Bonchev–Trinajstić information content (AvgIpc) is 3.35. The van der Waals surface area contributed by atoms with Crippen LogP contribution in [0.5, 0.6) is 5.75 Å². The fraction of sp³-hybridized carbons (Fsp3) is 0.278. The molecule has 10 heteroatoms. The van der Waals surface area contributed by atoms with Crippen LogP contribution in [0.2, 0.25) is 0 Å². The Balaban J connectivity index is 1.60. The maximum atomic E-state index is 12.0. The second-order valence-corrected chi connectivity index (χ2v) is 7.44. The molecular formula is C18H20N6O2S2. The lowest BCUT2D eigenvalue weighted by atomic mass is 10.2. The van der Waals surface area contributed by atoms with Gasteiger partial charge in [-0.1, -0.05) is 48.2 Å². The van der Waals surface area contributed by atoms with E-state index in [1.54, 1.807) is 11.6 Å². The summed E-state index contributed by atoms with van der Waals surface area (Å²) in [5, 5.41) is 19.7. The van der Waals surface area contributed by atoms with Crippen LogP contribution in [0.3, 0.4) is 0 Å². The highest BCUT2D eigenvalue weighted by molar-refractivity contribution is 7.99. The van der Waals surface area contributed by atoms with Crippen molar-refractivity contribution in [2.24, 2.45) is 0 Å². The Labute approximate surface area is 171 Å². The number of amides is 1. The van der Waals surface area contributed by atoms with Crippen LogP contribution < -0.4 is 10.1 Å². The second kappa shape index (κ2) is 10.00. The quantitative estimate of drug-likeness (QED) is 0.401. The lowest BCUT2D eigenvalue weighted by Gasteiger charge is -2.09. The standard InChI is InChI=1S/C18H20N6O2S2/c1-3-9-24-15(10-26-14-7-5-13(4-2)6-8-14)21-23-18(24)27-11-16(25)20-17-22-19-12-28-17/h3,5-8,12H,1,4,9-11H2,2H3,(H,20,22,25). The van der Waals surface area contributed by atoms with Crippen LogP contribution in [0.4, 0.5) is 5.13 Å². The number of nitrogens with zero attached hydrogens (tertiary/aromatic N) is 5. The molecule has 0 aliphatic carbocycles. The third kappa shape index (κ3) is 5.40. The number of ether oxygens (including phenoxy) is 1. The van der Waals surface area contributed by atoms with Crippen molar-refractivity contribution in [1.82, 2.24) is 25.0 Å². The van der Waals surface area contributed by atoms with Gasteiger partial charge in [0.25, 0.3) is 0 Å². The molecule has 3 aromatic rings. The van der Waals surface area contributed by atoms with Gasteiger partial charge >= 0.3 is 0 Å². The molecule has 0 bridgehead atoms. The van der Waals surface area contributed by atoms with Gasteiger partial charge in [-0.3, -0.25) is 14.7 Å². The van der Waals surface area contributed by atoms with Crippen molar-refractivity contribution in [1.29, 1.82) is 0 Å². The molecule has 146 valence electrons. The maximum absolute atomic E-state index is 12.0. The molecule has 0 fully saturated rings. The van der Waals surface area contributed by atoms with Crippen LogP contribution >= 0.6 is 23.1 Å². The number of nitrogens with one attached hydrogen (secondary N) is 1. The SMILES string of the molecule is C=CCn1c(COc2ccc(CC)cc2)nnc1SCC(=O)Nc1nncs1. The number of thioether (sulfide) groups is 1. The zero-order valence-electron chi connectivity index (χ0n) is 15.4. The Kier molecular flexibility index (Phi) is 7.15. The van der Waals surface area contributed by atoms with Gasteiger partial charge in [-0.05, 0) is 24.1 Å². The first-order valence-corrected chi connectivity index (χ1v) is 10.5. The average molecular weight is 417 g/mol. The van der Waals surface area contributed by atoms with E-state index in [1.165, 1.54) is 28.7 Å². The fourth-order valence-corrected chi connectivity index (χ4v) is 3.56. The van der Waals surface area contributed by atoms with Crippen molar-refractivity contribution in [2.75, 3.05) is 11.1 Å². The van der Waals surface area contributed by atoms with Crippen molar-refractivity contribution < 1.29 is 9.53 Å². The van der Waals surface area contributed by atoms with E-state index < -0.39 is 0 Å². The summed E-state index contributed by atoms with van der Waals surface area (Å²) in [5.41, 5.74) is 2.82. The van der Waals surface area contributed by atoms with Crippen molar-refractivity contribution in [3.05, 3.63) is 53.8 Å². The summed E-state index contributed by atoms with van der Waals surface area (Å²) >= 11 is 2.56. The minimum absolute atomic E-state index is 0.177. The van der Waals surface area contributed by atoms with E-state index in [0.29, 0.717) is 22.7 Å². The minimum atomic E-state index is -0.177. The largest absolute Gasteiger partial charge is 0.486 e. The van der Waals surface area contributed by atoms with E-state index in [1.807, 2.05) is 28.8 Å². The first-order chi connectivity index (χ1) is 13.7. The number of hydrogen-bond acceptors (Lipinski definition) is 8. The molecule has 8 nitrogen and oxygen atoms in total. The highest BCUT2D eigenvalue weighted by Crippen LogP contribution is 2.20. The monoisotopic (exact) mass is 416 g/mol. The van der Waals surface area contributed by atoms with Gasteiger partial charge in [0, 0.05) is 6.54 Å². The number of aromatic nitrogens is 5. The van der Waals surface area contributed by atoms with Gasteiger partial charge in [0.2, 0.25) is 11.0 Å². The molecule has 0 atom stereocenters. The van der Waals surface area contributed by atoms with Gasteiger partial charge in [-0.25, -0.2) is 0 Å². The number of allylic oxidation sites excluding steroid dienone is 1. The minimum Gasteiger partial charge on any atom is -0.486 e. The normalized spacial score (nSPS) is 10.6. The Morgan fingerprint density at radius 1 is 1.32 bits per heavy atom. The maximum Gasteiger partial charge on any atom is 0.236 e. The third-order valence-electron chi connectivity index (χ3n) is 3.74. The van der Waals surface area contributed by atoms with Crippen LogP contribution in [0, 0.1) is 0 Å². The van der Waals surface area contributed by atoms with E-state index in [2.05, 4.69) is 39.2 Å². The lowest BCUT2D eigenvalue weighted by molar-refractivity contribution is -0.113. The molecule has 0 saturated heterocycles. The van der Waals surface area contributed by atoms with Crippen molar-refractivity contribution >= 4 is 34.1 Å². The van der Waals surface area contributed by atoms with Crippen LogP contribution in [0.25, 0.3) is 0 Å². The molecule has 1 N–H and O–H groups in total. The molecule has 0 aliphatic rings. The molecule has 0 saturated carbocycles. The topological polar surface area (TPSA) is 94.8 Å². The highest BCUT2D eigenvalue weighted by Gasteiger charge is 2.14. The predicted octanol–water partition coefficient (Wildman–Crippen LogP) is 3.19. The first kappa shape index (κ1) is 20.0. The van der Waals surface area contributed by atoms with E-state index in [-0.39, 0.29) is 18.3 Å². The molecule has 28 heavy (non-hydrogen) atoms. The van der Waals surface area contributed by atoms with Crippen molar-refractivity contribution in [3.63, 3.8) is 0 Å². The summed E-state index contributed by atoms with van der Waals surface area (Å²) in [6.07, 6.45) is 2.75. The van der Waals surface area contributed by atoms with Gasteiger partial charge in [-0.2, -0.15) is 0 Å². The summed E-state index contributed by atoms with van der Waals surface area (Å²) in [6, 6.07) is 7.98. The molecule has 2 aromatic heterocycles. The van der Waals surface area contributed by atoms with Crippen molar-refractivity contribution in [3.8, 4) is 5.75 Å². The molecule has 3 rings (SSSR count). The van der Waals surface area contributed by atoms with Crippen LogP contribution in [0.1, 0.15) is 18.3 Å². The molecule has 0 unspecified atom stereocenters. The van der Waals surface area contributed by atoms with Gasteiger partial charge in [-0.15, -0.1) is 27.0 Å². The predicted molar refractivity (Wildman–Crippen MR) is 110 cm³/mol. The summed E-state index contributed by atoms with van der Waals surface area (Å²) in [5.74, 6) is 1.46. The molecule has 0 radical (unpaired) electrons. The fourth-order valence-electron chi connectivity index (χ4n) is 2.33. The van der Waals surface area contributed by atoms with Gasteiger partial charge in [0.15, 0.2) is 11.0 Å². The van der Waals surface area contributed by atoms with E-state index >= 15 is 0 Å². The van der Waals surface area contributed by atoms with Gasteiger partial charge in [0.05, 0.1) is 5.75 Å². The number of anilines is 1. The molecule has 1 aromatic carbocycles. The summed E-state index contributed by atoms with van der Waals surface area (Å²) in [4.78, 5) is 12.0. The Hall–Kier alpha value is -2.72. The third-order valence-corrected chi connectivity index (χ3v) is 5.32. The second-order valence-electron chi connectivity index (χ2n) is 5.66. The number of hydrogen-bond donors (Lipinski definition) is 1. The van der Waals surface area contributed by atoms with E-state index in [4.69, 9.17) is 4.74 Å². The summed E-state index contributed by atoms with van der Waals surface area (Å²) < 4.78 is 7.71.